The average molecular weight is 432 g/mol. The van der Waals surface area contributed by atoms with E-state index in [-0.39, 0.29) is 11.6 Å². The van der Waals surface area contributed by atoms with E-state index >= 15 is 0 Å². The first-order valence-electron chi connectivity index (χ1n) is 7.72. The minimum atomic E-state index is -0.625. The van der Waals surface area contributed by atoms with Gasteiger partial charge in [0.2, 0.25) is 11.6 Å². The van der Waals surface area contributed by atoms with E-state index in [2.05, 4.69) is 41.8 Å². The van der Waals surface area contributed by atoms with E-state index in [0.717, 1.165) is 10.8 Å². The van der Waals surface area contributed by atoms with Crippen LogP contribution in [0.2, 0.25) is 0 Å². The molecule has 1 aromatic carbocycles. The van der Waals surface area contributed by atoms with Gasteiger partial charge in [0.1, 0.15) is 6.33 Å². The number of carbonyl (C=O) groups excluding carboxylic acids is 1. The number of amides is 1. The first-order chi connectivity index (χ1) is 12.9. The molecule has 27 heavy (non-hydrogen) atoms. The van der Waals surface area contributed by atoms with Crippen LogP contribution in [0.3, 0.4) is 0 Å². The number of aryl methyl sites for hydroxylation is 2. The van der Waals surface area contributed by atoms with Gasteiger partial charge in [0.15, 0.2) is 0 Å². The molecule has 0 radical (unpaired) electrons. The van der Waals surface area contributed by atoms with Gasteiger partial charge in [0.25, 0.3) is 5.91 Å². The molecule has 0 saturated carbocycles. The minimum Gasteiger partial charge on any atom is -0.276 e. The smallest absolute Gasteiger partial charge is 0.276 e. The third-order valence-corrected chi connectivity index (χ3v) is 4.13. The summed E-state index contributed by atoms with van der Waals surface area (Å²) in [6.07, 6.45) is 1.16. The number of nitro groups is 1. The van der Waals surface area contributed by atoms with Crippen LogP contribution in [-0.4, -0.2) is 30.6 Å². The summed E-state index contributed by atoms with van der Waals surface area (Å²) < 4.78 is 2.18. The Kier molecular flexibility index (Phi) is 5.12. The first-order valence-corrected chi connectivity index (χ1v) is 8.51. The molecule has 0 atom stereocenters. The normalized spacial score (nSPS) is 10.5. The quantitative estimate of drug-likeness (QED) is 0.469. The fourth-order valence-electron chi connectivity index (χ4n) is 2.42. The van der Waals surface area contributed by atoms with Crippen LogP contribution < -0.4 is 10.9 Å². The van der Waals surface area contributed by atoms with Crippen LogP contribution in [0, 0.1) is 24.0 Å². The summed E-state index contributed by atoms with van der Waals surface area (Å²) in [5.74, 6) is -0.618. The van der Waals surface area contributed by atoms with Gasteiger partial charge in [-0.25, -0.2) is 14.6 Å². The summed E-state index contributed by atoms with van der Waals surface area (Å²) >= 11 is 3.29. The first kappa shape index (κ1) is 18.5. The molecule has 0 aliphatic heterocycles. The molecular weight excluding hydrogens is 418 g/mol. The van der Waals surface area contributed by atoms with E-state index in [0.29, 0.717) is 17.0 Å². The van der Waals surface area contributed by atoms with Crippen molar-refractivity contribution in [2.24, 2.45) is 0 Å². The number of nitrogens with one attached hydrogen (secondary N) is 2. The van der Waals surface area contributed by atoms with Crippen LogP contribution in [-0.2, 0) is 0 Å². The Labute approximate surface area is 161 Å². The molecule has 2 N–H and O–H groups in total. The minimum absolute atomic E-state index is 0.000917. The number of rotatable bonds is 5. The van der Waals surface area contributed by atoms with Gasteiger partial charge in [0, 0.05) is 15.7 Å². The highest BCUT2D eigenvalue weighted by Gasteiger charge is 2.26. The Morgan fingerprint density at radius 2 is 1.93 bits per heavy atom. The highest BCUT2D eigenvalue weighted by atomic mass is 79.9. The summed E-state index contributed by atoms with van der Waals surface area (Å²) in [4.78, 5) is 31.1. The van der Waals surface area contributed by atoms with E-state index in [4.69, 9.17) is 0 Å². The number of halogens is 1. The molecule has 0 aliphatic rings. The second-order valence-corrected chi connectivity index (χ2v) is 6.49. The van der Waals surface area contributed by atoms with Crippen molar-refractivity contribution in [3.8, 4) is 5.82 Å². The molecule has 11 heteroatoms. The lowest BCUT2D eigenvalue weighted by Gasteiger charge is -2.10. The lowest BCUT2D eigenvalue weighted by Crippen LogP contribution is -2.30. The van der Waals surface area contributed by atoms with Gasteiger partial charge in [-0.15, -0.1) is 0 Å². The Bertz CT molecular complexity index is 1020. The van der Waals surface area contributed by atoms with E-state index in [1.165, 1.54) is 4.68 Å². The van der Waals surface area contributed by atoms with Gasteiger partial charge >= 0.3 is 5.69 Å². The third-order valence-electron chi connectivity index (χ3n) is 3.60. The standard InChI is InChI=1S/C16H14BrN7O3/c1-9-7-10(2)23(22-9)15-13(24(26)27)14(18-8-19-15)20-21-16(25)11-3-5-12(17)6-4-11/h3-8H,1-2H3,(H,21,25)(H,18,19,20). The Morgan fingerprint density at radius 3 is 2.52 bits per heavy atom. The second kappa shape index (κ2) is 7.50. The van der Waals surface area contributed by atoms with Crippen molar-refractivity contribution < 1.29 is 9.72 Å². The second-order valence-electron chi connectivity index (χ2n) is 5.58. The van der Waals surface area contributed by atoms with E-state index in [1.54, 1.807) is 44.2 Å². The Hall–Kier alpha value is -3.34. The maximum Gasteiger partial charge on any atom is 0.357 e. The van der Waals surface area contributed by atoms with Gasteiger partial charge in [-0.3, -0.25) is 25.8 Å². The monoisotopic (exact) mass is 431 g/mol. The third kappa shape index (κ3) is 3.92. The van der Waals surface area contributed by atoms with Crippen LogP contribution in [0.5, 0.6) is 0 Å². The fourth-order valence-corrected chi connectivity index (χ4v) is 2.68. The molecule has 3 rings (SSSR count). The zero-order chi connectivity index (χ0) is 19.6. The van der Waals surface area contributed by atoms with E-state index < -0.39 is 16.5 Å². The van der Waals surface area contributed by atoms with Gasteiger partial charge < -0.3 is 0 Å². The summed E-state index contributed by atoms with van der Waals surface area (Å²) in [5, 5.41) is 15.8. The number of hydrogen-bond donors (Lipinski definition) is 2. The van der Waals surface area contributed by atoms with Crippen LogP contribution >= 0.6 is 15.9 Å². The predicted molar refractivity (Wildman–Crippen MR) is 101 cm³/mol. The number of hydrogen-bond acceptors (Lipinski definition) is 7. The van der Waals surface area contributed by atoms with E-state index in [9.17, 15) is 14.9 Å². The Morgan fingerprint density at radius 1 is 1.22 bits per heavy atom. The van der Waals surface area contributed by atoms with Crippen molar-refractivity contribution in [3.63, 3.8) is 0 Å². The molecule has 138 valence electrons. The summed E-state index contributed by atoms with van der Waals surface area (Å²) in [7, 11) is 0. The van der Waals surface area contributed by atoms with Gasteiger partial charge in [-0.1, -0.05) is 15.9 Å². The molecule has 2 aromatic heterocycles. The molecule has 0 saturated heterocycles. The maximum atomic E-state index is 12.2. The van der Waals surface area contributed by atoms with Crippen molar-refractivity contribution >= 4 is 33.3 Å². The van der Waals surface area contributed by atoms with Crippen molar-refractivity contribution in [1.29, 1.82) is 0 Å². The number of anilines is 1. The summed E-state index contributed by atoms with van der Waals surface area (Å²) in [6.45, 7) is 3.53. The molecule has 0 bridgehead atoms. The number of carbonyl (C=O) groups is 1. The molecule has 2 heterocycles. The van der Waals surface area contributed by atoms with E-state index in [1.807, 2.05) is 0 Å². The molecule has 0 fully saturated rings. The zero-order valence-corrected chi connectivity index (χ0v) is 15.9. The average Bonchev–Trinajstić information content (AvgIpc) is 2.97. The lowest BCUT2D eigenvalue weighted by molar-refractivity contribution is -0.384. The summed E-state index contributed by atoms with van der Waals surface area (Å²) in [5.41, 5.74) is 6.24. The van der Waals surface area contributed by atoms with Gasteiger partial charge in [0.05, 0.1) is 10.6 Å². The SMILES string of the molecule is Cc1cc(C)n(-c2ncnc(NNC(=O)c3ccc(Br)cc3)c2[N+](=O)[O-])n1. The van der Waals surface area contributed by atoms with Crippen molar-refractivity contribution in [1.82, 2.24) is 25.2 Å². The largest absolute Gasteiger partial charge is 0.357 e. The number of hydrazine groups is 1. The highest BCUT2D eigenvalue weighted by molar-refractivity contribution is 9.10. The predicted octanol–water partition coefficient (Wildman–Crippen LogP) is 2.71. The molecule has 0 unspecified atom stereocenters. The topological polar surface area (TPSA) is 128 Å². The van der Waals surface area contributed by atoms with Crippen molar-refractivity contribution in [2.75, 3.05) is 5.43 Å². The number of nitrogens with zero attached hydrogens (tertiary/aromatic N) is 5. The number of benzene rings is 1. The highest BCUT2D eigenvalue weighted by Crippen LogP contribution is 2.27. The van der Waals surface area contributed by atoms with Crippen LogP contribution in [0.1, 0.15) is 21.7 Å². The van der Waals surface area contributed by atoms with Crippen molar-refractivity contribution in [2.45, 2.75) is 13.8 Å². The molecule has 0 aliphatic carbocycles. The molecular formula is C16H14BrN7O3. The molecule has 0 spiro atoms. The van der Waals surface area contributed by atoms with Crippen LogP contribution in [0.15, 0.2) is 41.1 Å². The van der Waals surface area contributed by atoms with Crippen LogP contribution in [0.25, 0.3) is 5.82 Å². The van der Waals surface area contributed by atoms with Gasteiger partial charge in [-0.2, -0.15) is 5.10 Å². The molecule has 3 aromatic rings. The maximum absolute atomic E-state index is 12.2. The van der Waals surface area contributed by atoms with Crippen LogP contribution in [0.4, 0.5) is 11.5 Å². The molecule has 1 amide bonds. The summed E-state index contributed by atoms with van der Waals surface area (Å²) in [6, 6.07) is 8.41. The zero-order valence-electron chi connectivity index (χ0n) is 14.3. The fraction of sp³-hybridized carbons (Fsp3) is 0.125. The molecule has 10 nitrogen and oxygen atoms in total. The number of aromatic nitrogens is 4. The Balaban J connectivity index is 1.90. The lowest BCUT2D eigenvalue weighted by atomic mass is 10.2. The van der Waals surface area contributed by atoms with Gasteiger partial charge in [-0.05, 0) is 44.2 Å². The van der Waals surface area contributed by atoms with Crippen molar-refractivity contribution in [3.05, 3.63) is 68.2 Å².